The molecular formula is C14H16BrNO3. The molecule has 102 valence electrons. The largest absolute Gasteiger partial charge is 0.478 e. The molecule has 0 spiro atoms. The summed E-state index contributed by atoms with van der Waals surface area (Å²) in [7, 11) is 0. The number of aromatic carboxylic acids is 1. The number of carboxylic acid groups (broad SMARTS) is 1. The SMILES string of the molecule is CC1CC(C)N(C(=O)c2cc(Br)cc(C(=O)O)c2)C1. The molecular weight excluding hydrogens is 310 g/mol. The predicted molar refractivity (Wildman–Crippen MR) is 75.4 cm³/mol. The van der Waals surface area contributed by atoms with E-state index in [1.165, 1.54) is 12.1 Å². The topological polar surface area (TPSA) is 57.6 Å². The van der Waals surface area contributed by atoms with E-state index in [9.17, 15) is 9.59 Å². The van der Waals surface area contributed by atoms with Crippen LogP contribution in [0.3, 0.4) is 0 Å². The van der Waals surface area contributed by atoms with Crippen LogP contribution in [0, 0.1) is 5.92 Å². The monoisotopic (exact) mass is 325 g/mol. The summed E-state index contributed by atoms with van der Waals surface area (Å²) in [5, 5.41) is 9.03. The number of benzene rings is 1. The zero-order chi connectivity index (χ0) is 14.2. The average Bonchev–Trinajstić information content (AvgIpc) is 2.66. The summed E-state index contributed by atoms with van der Waals surface area (Å²) in [6, 6.07) is 4.81. The molecule has 1 N–H and O–H groups in total. The molecule has 2 unspecified atom stereocenters. The lowest BCUT2D eigenvalue weighted by molar-refractivity contribution is 0.0697. The second kappa shape index (κ2) is 5.33. The minimum absolute atomic E-state index is 0.0966. The van der Waals surface area contributed by atoms with Gasteiger partial charge in [-0.15, -0.1) is 0 Å². The molecule has 1 aromatic carbocycles. The average molecular weight is 326 g/mol. The van der Waals surface area contributed by atoms with Gasteiger partial charge < -0.3 is 10.0 Å². The Hall–Kier alpha value is -1.36. The normalized spacial score (nSPS) is 22.6. The number of likely N-dealkylation sites (tertiary alicyclic amines) is 1. The first-order valence-corrected chi connectivity index (χ1v) is 7.02. The van der Waals surface area contributed by atoms with Crippen LogP contribution in [0.5, 0.6) is 0 Å². The fourth-order valence-electron chi connectivity index (χ4n) is 2.59. The maximum absolute atomic E-state index is 12.4. The van der Waals surface area contributed by atoms with Crippen LogP contribution in [-0.2, 0) is 0 Å². The zero-order valence-electron chi connectivity index (χ0n) is 10.9. The van der Waals surface area contributed by atoms with E-state index in [2.05, 4.69) is 22.9 Å². The molecule has 0 saturated carbocycles. The first-order valence-electron chi connectivity index (χ1n) is 6.23. The summed E-state index contributed by atoms with van der Waals surface area (Å²) < 4.78 is 0.607. The number of carbonyl (C=O) groups is 2. The van der Waals surface area contributed by atoms with Gasteiger partial charge in [0.15, 0.2) is 0 Å². The van der Waals surface area contributed by atoms with Crippen molar-refractivity contribution in [2.24, 2.45) is 5.92 Å². The number of hydrogen-bond acceptors (Lipinski definition) is 2. The van der Waals surface area contributed by atoms with Gasteiger partial charge in [-0.3, -0.25) is 4.79 Å². The number of amides is 1. The molecule has 4 nitrogen and oxygen atoms in total. The first kappa shape index (κ1) is 14.1. The molecule has 19 heavy (non-hydrogen) atoms. The number of hydrogen-bond donors (Lipinski definition) is 1. The highest BCUT2D eigenvalue weighted by Crippen LogP contribution is 2.25. The maximum atomic E-state index is 12.4. The number of carbonyl (C=O) groups excluding carboxylic acids is 1. The Bertz CT molecular complexity index is 529. The van der Waals surface area contributed by atoms with E-state index in [0.29, 0.717) is 16.0 Å². The minimum atomic E-state index is -1.03. The van der Waals surface area contributed by atoms with Gasteiger partial charge in [-0.1, -0.05) is 22.9 Å². The van der Waals surface area contributed by atoms with Crippen molar-refractivity contribution in [3.63, 3.8) is 0 Å². The van der Waals surface area contributed by atoms with E-state index in [1.54, 1.807) is 6.07 Å². The van der Waals surface area contributed by atoms with Gasteiger partial charge in [0.05, 0.1) is 5.56 Å². The van der Waals surface area contributed by atoms with E-state index in [0.717, 1.165) is 13.0 Å². The summed E-state index contributed by atoms with van der Waals surface area (Å²) in [5.74, 6) is -0.635. The summed E-state index contributed by atoms with van der Waals surface area (Å²) in [4.78, 5) is 25.3. The van der Waals surface area contributed by atoms with Crippen molar-refractivity contribution in [3.05, 3.63) is 33.8 Å². The van der Waals surface area contributed by atoms with Gasteiger partial charge >= 0.3 is 5.97 Å². The van der Waals surface area contributed by atoms with E-state index >= 15 is 0 Å². The van der Waals surface area contributed by atoms with Crippen molar-refractivity contribution >= 4 is 27.8 Å². The summed E-state index contributed by atoms with van der Waals surface area (Å²) >= 11 is 3.25. The van der Waals surface area contributed by atoms with Crippen LogP contribution in [-0.4, -0.2) is 34.5 Å². The molecule has 5 heteroatoms. The Kier molecular flexibility index (Phi) is 3.94. The van der Waals surface area contributed by atoms with Gasteiger partial charge in [0.2, 0.25) is 0 Å². The molecule has 0 aliphatic carbocycles. The predicted octanol–water partition coefficient (Wildman–Crippen LogP) is 3.02. The number of rotatable bonds is 2. The minimum Gasteiger partial charge on any atom is -0.478 e. The molecule has 0 radical (unpaired) electrons. The van der Waals surface area contributed by atoms with Crippen molar-refractivity contribution < 1.29 is 14.7 Å². The van der Waals surface area contributed by atoms with E-state index in [1.807, 2.05) is 11.8 Å². The van der Waals surface area contributed by atoms with E-state index < -0.39 is 5.97 Å². The van der Waals surface area contributed by atoms with Crippen LogP contribution in [0.2, 0.25) is 0 Å². The maximum Gasteiger partial charge on any atom is 0.335 e. The molecule has 1 heterocycles. The highest BCUT2D eigenvalue weighted by Gasteiger charge is 2.30. The zero-order valence-corrected chi connectivity index (χ0v) is 12.5. The molecule has 0 aromatic heterocycles. The fraction of sp³-hybridized carbons (Fsp3) is 0.429. The van der Waals surface area contributed by atoms with Gasteiger partial charge in [0, 0.05) is 22.6 Å². The summed E-state index contributed by atoms with van der Waals surface area (Å²) in [6.45, 7) is 4.87. The molecule has 1 aliphatic rings. The van der Waals surface area contributed by atoms with Crippen molar-refractivity contribution in [2.45, 2.75) is 26.3 Å². The first-order chi connectivity index (χ1) is 8.88. The Morgan fingerprint density at radius 3 is 2.42 bits per heavy atom. The lowest BCUT2D eigenvalue weighted by Gasteiger charge is -2.21. The van der Waals surface area contributed by atoms with Gasteiger partial charge in [0.1, 0.15) is 0 Å². The lowest BCUT2D eigenvalue weighted by atomic mass is 10.1. The van der Waals surface area contributed by atoms with Crippen LogP contribution in [0.1, 0.15) is 41.0 Å². The Labute approximate surface area is 120 Å². The molecule has 1 saturated heterocycles. The highest BCUT2D eigenvalue weighted by molar-refractivity contribution is 9.10. The second-order valence-electron chi connectivity index (χ2n) is 5.18. The van der Waals surface area contributed by atoms with Gasteiger partial charge in [0.25, 0.3) is 5.91 Å². The third-order valence-electron chi connectivity index (χ3n) is 3.44. The number of nitrogens with zero attached hydrogens (tertiary/aromatic N) is 1. The van der Waals surface area contributed by atoms with Crippen molar-refractivity contribution in [1.29, 1.82) is 0 Å². The molecule has 1 aromatic rings. The van der Waals surface area contributed by atoms with E-state index in [-0.39, 0.29) is 17.5 Å². The molecule has 2 rings (SSSR count). The van der Waals surface area contributed by atoms with Crippen LogP contribution >= 0.6 is 15.9 Å². The van der Waals surface area contributed by atoms with Gasteiger partial charge in [-0.05, 0) is 37.5 Å². The van der Waals surface area contributed by atoms with Crippen molar-refractivity contribution in [3.8, 4) is 0 Å². The molecule has 1 aliphatic heterocycles. The lowest BCUT2D eigenvalue weighted by Crippen LogP contribution is -2.34. The molecule has 2 atom stereocenters. The standard InChI is InChI=1S/C14H16BrNO3/c1-8-3-9(2)16(7-8)13(17)10-4-11(14(18)19)6-12(15)5-10/h4-6,8-9H,3,7H2,1-2H3,(H,18,19). The molecule has 1 fully saturated rings. The fourth-order valence-corrected chi connectivity index (χ4v) is 3.08. The van der Waals surface area contributed by atoms with Crippen LogP contribution < -0.4 is 0 Å². The van der Waals surface area contributed by atoms with Crippen LogP contribution in [0.4, 0.5) is 0 Å². The molecule has 1 amide bonds. The summed E-state index contributed by atoms with van der Waals surface area (Å²) in [5.41, 5.74) is 0.547. The van der Waals surface area contributed by atoms with Crippen LogP contribution in [0.25, 0.3) is 0 Å². The quantitative estimate of drug-likeness (QED) is 0.909. The summed E-state index contributed by atoms with van der Waals surface area (Å²) in [6.07, 6.45) is 0.992. The Balaban J connectivity index is 2.31. The molecule has 0 bridgehead atoms. The highest BCUT2D eigenvalue weighted by atomic mass is 79.9. The second-order valence-corrected chi connectivity index (χ2v) is 6.10. The number of carboxylic acids is 1. The van der Waals surface area contributed by atoms with Gasteiger partial charge in [-0.2, -0.15) is 0 Å². The Morgan fingerprint density at radius 2 is 1.89 bits per heavy atom. The van der Waals surface area contributed by atoms with E-state index in [4.69, 9.17) is 5.11 Å². The Morgan fingerprint density at radius 1 is 1.26 bits per heavy atom. The number of halogens is 1. The smallest absolute Gasteiger partial charge is 0.335 e. The third kappa shape index (κ3) is 2.97. The van der Waals surface area contributed by atoms with Crippen molar-refractivity contribution in [1.82, 2.24) is 4.90 Å². The van der Waals surface area contributed by atoms with Crippen LogP contribution in [0.15, 0.2) is 22.7 Å². The van der Waals surface area contributed by atoms with Crippen molar-refractivity contribution in [2.75, 3.05) is 6.54 Å². The third-order valence-corrected chi connectivity index (χ3v) is 3.89. The van der Waals surface area contributed by atoms with Gasteiger partial charge in [-0.25, -0.2) is 4.79 Å².